The summed E-state index contributed by atoms with van der Waals surface area (Å²) in [6, 6.07) is 10.7. The third-order valence-corrected chi connectivity index (χ3v) is 4.84. The van der Waals surface area contributed by atoms with Crippen molar-refractivity contribution in [1.82, 2.24) is 9.88 Å². The number of aliphatic hydroxyl groups excluding tert-OH is 1. The van der Waals surface area contributed by atoms with Gasteiger partial charge in [0.25, 0.3) is 0 Å². The summed E-state index contributed by atoms with van der Waals surface area (Å²) in [5.41, 5.74) is 2.29. The third kappa shape index (κ3) is 4.15. The van der Waals surface area contributed by atoms with Crippen molar-refractivity contribution >= 4 is 0 Å². The van der Waals surface area contributed by atoms with Crippen LogP contribution in [0.2, 0.25) is 0 Å². The maximum Gasteiger partial charge on any atom is 0.123 e. The predicted molar refractivity (Wildman–Crippen MR) is 88.4 cm³/mol. The Morgan fingerprint density at radius 1 is 1.17 bits per heavy atom. The molecular formula is C19H23FN2O. The van der Waals surface area contributed by atoms with E-state index in [2.05, 4.69) is 16.0 Å². The lowest BCUT2D eigenvalue weighted by atomic mass is 9.82. The smallest absolute Gasteiger partial charge is 0.123 e. The van der Waals surface area contributed by atoms with E-state index in [1.165, 1.54) is 17.7 Å². The molecule has 1 aromatic carbocycles. The molecule has 0 saturated carbocycles. The van der Waals surface area contributed by atoms with Crippen molar-refractivity contribution in [2.24, 2.45) is 5.41 Å². The number of aliphatic hydroxyl groups is 1. The Bertz CT molecular complexity index is 617. The summed E-state index contributed by atoms with van der Waals surface area (Å²) < 4.78 is 13.0. The number of rotatable bonds is 6. The molecule has 0 bridgehead atoms. The minimum atomic E-state index is -0.200. The lowest BCUT2D eigenvalue weighted by Crippen LogP contribution is -2.31. The number of halogens is 1. The van der Waals surface area contributed by atoms with Crippen molar-refractivity contribution < 1.29 is 9.50 Å². The zero-order valence-electron chi connectivity index (χ0n) is 13.3. The van der Waals surface area contributed by atoms with Gasteiger partial charge in [0.15, 0.2) is 0 Å². The number of benzene rings is 1. The molecule has 4 heteroatoms. The van der Waals surface area contributed by atoms with Gasteiger partial charge in [0.1, 0.15) is 5.82 Å². The molecule has 0 aliphatic carbocycles. The maximum atomic E-state index is 13.0. The molecule has 3 rings (SSSR count). The van der Waals surface area contributed by atoms with E-state index in [1.54, 1.807) is 6.20 Å². The van der Waals surface area contributed by atoms with Gasteiger partial charge in [-0.15, -0.1) is 0 Å². The minimum Gasteiger partial charge on any atom is -0.396 e. The van der Waals surface area contributed by atoms with Crippen LogP contribution < -0.4 is 0 Å². The highest BCUT2D eigenvalue weighted by atomic mass is 19.1. The first kappa shape index (κ1) is 16.1. The SMILES string of the molecule is OCC1(CCc2ccc(F)cc2)CCN(Cc2cccnc2)C1. The van der Waals surface area contributed by atoms with E-state index in [4.69, 9.17) is 0 Å². The van der Waals surface area contributed by atoms with Crippen LogP contribution >= 0.6 is 0 Å². The van der Waals surface area contributed by atoms with Gasteiger partial charge >= 0.3 is 0 Å². The van der Waals surface area contributed by atoms with Crippen LogP contribution in [0.1, 0.15) is 24.0 Å². The molecule has 1 N–H and O–H groups in total. The molecule has 122 valence electrons. The van der Waals surface area contributed by atoms with Crippen LogP contribution in [0.15, 0.2) is 48.8 Å². The topological polar surface area (TPSA) is 36.4 Å². The van der Waals surface area contributed by atoms with Crippen molar-refractivity contribution in [2.45, 2.75) is 25.8 Å². The highest BCUT2D eigenvalue weighted by Gasteiger charge is 2.37. The first-order valence-electron chi connectivity index (χ1n) is 8.16. The van der Waals surface area contributed by atoms with Crippen LogP contribution in [0.5, 0.6) is 0 Å². The summed E-state index contributed by atoms with van der Waals surface area (Å²) in [6.45, 7) is 2.99. The number of aryl methyl sites for hydroxylation is 1. The molecule has 23 heavy (non-hydrogen) atoms. The van der Waals surface area contributed by atoms with Crippen molar-refractivity contribution in [3.63, 3.8) is 0 Å². The molecule has 0 radical (unpaired) electrons. The zero-order valence-corrected chi connectivity index (χ0v) is 13.3. The fraction of sp³-hybridized carbons (Fsp3) is 0.421. The number of nitrogens with zero attached hydrogens (tertiary/aromatic N) is 2. The number of pyridine rings is 1. The van der Waals surface area contributed by atoms with Crippen molar-refractivity contribution in [1.29, 1.82) is 0 Å². The van der Waals surface area contributed by atoms with Crippen LogP contribution in [0, 0.1) is 11.2 Å². The lowest BCUT2D eigenvalue weighted by Gasteiger charge is -2.27. The van der Waals surface area contributed by atoms with Gasteiger partial charge < -0.3 is 5.11 Å². The van der Waals surface area contributed by atoms with Gasteiger partial charge in [-0.3, -0.25) is 9.88 Å². The van der Waals surface area contributed by atoms with E-state index in [0.29, 0.717) is 0 Å². The third-order valence-electron chi connectivity index (χ3n) is 4.84. The van der Waals surface area contributed by atoms with Crippen molar-refractivity contribution in [3.8, 4) is 0 Å². The second-order valence-electron chi connectivity index (χ2n) is 6.61. The molecule has 2 heterocycles. The molecule has 0 spiro atoms. The maximum absolute atomic E-state index is 13.0. The Balaban J connectivity index is 1.57. The van der Waals surface area contributed by atoms with Gasteiger partial charge in [-0.2, -0.15) is 0 Å². The fourth-order valence-electron chi connectivity index (χ4n) is 3.39. The van der Waals surface area contributed by atoms with Gasteiger partial charge in [-0.05, 0) is 55.1 Å². The number of aromatic nitrogens is 1. The standard InChI is InChI=1S/C19H23FN2O/c20-18-5-3-16(4-6-18)7-8-19(15-23)9-11-22(14-19)13-17-2-1-10-21-12-17/h1-6,10,12,23H,7-9,11,13-15H2. The van der Waals surface area contributed by atoms with Crippen molar-refractivity contribution in [3.05, 3.63) is 65.7 Å². The van der Waals surface area contributed by atoms with Gasteiger partial charge in [-0.1, -0.05) is 18.2 Å². The van der Waals surface area contributed by atoms with Gasteiger partial charge in [0, 0.05) is 37.5 Å². The molecular weight excluding hydrogens is 291 g/mol. The first-order chi connectivity index (χ1) is 11.2. The fourth-order valence-corrected chi connectivity index (χ4v) is 3.39. The molecule has 2 aromatic rings. The number of hydrogen-bond acceptors (Lipinski definition) is 3. The molecule has 1 fully saturated rings. The lowest BCUT2D eigenvalue weighted by molar-refractivity contribution is 0.118. The molecule has 3 nitrogen and oxygen atoms in total. The Hall–Kier alpha value is -1.78. The summed E-state index contributed by atoms with van der Waals surface area (Å²) in [5.74, 6) is -0.200. The highest BCUT2D eigenvalue weighted by Crippen LogP contribution is 2.35. The van der Waals surface area contributed by atoms with Crippen LogP contribution in [0.4, 0.5) is 4.39 Å². The number of likely N-dealkylation sites (tertiary alicyclic amines) is 1. The van der Waals surface area contributed by atoms with Gasteiger partial charge in [0.05, 0.1) is 0 Å². The van der Waals surface area contributed by atoms with E-state index >= 15 is 0 Å². The average Bonchev–Trinajstić information content (AvgIpc) is 2.99. The van der Waals surface area contributed by atoms with Crippen LogP contribution in [-0.2, 0) is 13.0 Å². The highest BCUT2D eigenvalue weighted by molar-refractivity contribution is 5.16. The van der Waals surface area contributed by atoms with Gasteiger partial charge in [-0.25, -0.2) is 4.39 Å². The molecule has 1 saturated heterocycles. The Morgan fingerprint density at radius 3 is 2.70 bits per heavy atom. The molecule has 1 unspecified atom stereocenters. The van der Waals surface area contributed by atoms with E-state index in [0.717, 1.165) is 44.5 Å². The Labute approximate surface area is 136 Å². The summed E-state index contributed by atoms with van der Waals surface area (Å²) in [7, 11) is 0. The van der Waals surface area contributed by atoms with E-state index in [-0.39, 0.29) is 17.8 Å². The minimum absolute atomic E-state index is 0.0450. The van der Waals surface area contributed by atoms with E-state index in [1.807, 2.05) is 24.4 Å². The Kier molecular flexibility index (Phi) is 5.03. The molecule has 1 aromatic heterocycles. The molecule has 1 atom stereocenters. The zero-order chi connectivity index (χ0) is 16.1. The molecule has 1 aliphatic heterocycles. The van der Waals surface area contributed by atoms with Gasteiger partial charge in [0.2, 0.25) is 0 Å². The summed E-state index contributed by atoms with van der Waals surface area (Å²) in [5, 5.41) is 9.92. The predicted octanol–water partition coefficient (Wildman–Crippen LogP) is 3.04. The molecule has 1 aliphatic rings. The van der Waals surface area contributed by atoms with Crippen LogP contribution in [0.25, 0.3) is 0 Å². The van der Waals surface area contributed by atoms with E-state index < -0.39 is 0 Å². The van der Waals surface area contributed by atoms with Crippen molar-refractivity contribution in [2.75, 3.05) is 19.7 Å². The first-order valence-corrected chi connectivity index (χ1v) is 8.16. The summed E-state index contributed by atoms with van der Waals surface area (Å²) >= 11 is 0. The van der Waals surface area contributed by atoms with E-state index in [9.17, 15) is 9.50 Å². The largest absolute Gasteiger partial charge is 0.396 e. The van der Waals surface area contributed by atoms with Crippen LogP contribution in [-0.4, -0.2) is 34.7 Å². The quantitative estimate of drug-likeness (QED) is 0.890. The molecule has 0 amide bonds. The second kappa shape index (κ2) is 7.20. The summed E-state index contributed by atoms with van der Waals surface area (Å²) in [6.07, 6.45) is 6.50. The monoisotopic (exact) mass is 314 g/mol. The number of hydrogen-bond donors (Lipinski definition) is 1. The average molecular weight is 314 g/mol. The van der Waals surface area contributed by atoms with Crippen LogP contribution in [0.3, 0.4) is 0 Å². The second-order valence-corrected chi connectivity index (χ2v) is 6.61. The Morgan fingerprint density at radius 2 is 2.00 bits per heavy atom. The normalized spacial score (nSPS) is 21.7. The summed E-state index contributed by atoms with van der Waals surface area (Å²) in [4.78, 5) is 6.55.